The van der Waals surface area contributed by atoms with Gasteiger partial charge < -0.3 is 10.2 Å². The molecule has 2 aromatic carbocycles. The number of carbonyl (C=O) groups excluding carboxylic acids is 2. The lowest BCUT2D eigenvalue weighted by Crippen LogP contribution is -2.51. The number of benzene rings is 2. The van der Waals surface area contributed by atoms with Crippen molar-refractivity contribution in [1.29, 1.82) is 0 Å². The maximum Gasteiger partial charge on any atom is 0.244 e. The zero-order valence-corrected chi connectivity index (χ0v) is 23.4. The molecule has 0 spiro atoms. The van der Waals surface area contributed by atoms with Gasteiger partial charge in [-0.1, -0.05) is 60.8 Å². The lowest BCUT2D eigenvalue weighted by atomic mass is 10.1. The van der Waals surface area contributed by atoms with Gasteiger partial charge in [0, 0.05) is 28.2 Å². The quantitative estimate of drug-likeness (QED) is 0.446. The Labute approximate surface area is 222 Å². The Morgan fingerprint density at radius 1 is 1.00 bits per heavy atom. The summed E-state index contributed by atoms with van der Waals surface area (Å²) in [7, 11) is -3.86. The number of nitrogens with one attached hydrogen (secondary N) is 1. The number of halogens is 3. The Hall–Kier alpha value is -2.00. The minimum absolute atomic E-state index is 0.0166. The number of anilines is 1. The second-order valence-corrected chi connectivity index (χ2v) is 12.0. The highest BCUT2D eigenvalue weighted by atomic mass is 35.5. The molecule has 1 atom stereocenters. The van der Waals surface area contributed by atoms with Gasteiger partial charge in [0.15, 0.2) is 0 Å². The van der Waals surface area contributed by atoms with E-state index in [4.69, 9.17) is 34.8 Å². The molecule has 0 aliphatic carbocycles. The lowest BCUT2D eigenvalue weighted by Gasteiger charge is -2.32. The molecule has 0 bridgehead atoms. The number of sulfonamides is 1. The van der Waals surface area contributed by atoms with E-state index in [2.05, 4.69) is 5.32 Å². The summed E-state index contributed by atoms with van der Waals surface area (Å²) in [5.41, 5.74) is 1.48. The van der Waals surface area contributed by atoms with Crippen LogP contribution in [-0.2, 0) is 26.2 Å². The Morgan fingerprint density at radius 3 is 2.17 bits per heavy atom. The molecule has 0 radical (unpaired) electrons. The number of amides is 2. The molecular weight excluding hydrogens is 533 g/mol. The van der Waals surface area contributed by atoms with Crippen molar-refractivity contribution < 1.29 is 18.0 Å². The van der Waals surface area contributed by atoms with Crippen LogP contribution in [0.2, 0.25) is 15.1 Å². The number of nitrogens with zero attached hydrogens (tertiary/aromatic N) is 2. The summed E-state index contributed by atoms with van der Waals surface area (Å²) in [6.07, 6.45) is 1.01. The molecule has 0 aromatic heterocycles. The fraction of sp³-hybridized carbons (Fsp3) is 0.417. The highest BCUT2D eigenvalue weighted by Crippen LogP contribution is 2.27. The number of rotatable bonds is 10. The lowest BCUT2D eigenvalue weighted by molar-refractivity contribution is -0.139. The van der Waals surface area contributed by atoms with Gasteiger partial charge in [-0.2, -0.15) is 0 Å². The first-order chi connectivity index (χ1) is 16.2. The smallest absolute Gasteiger partial charge is 0.244 e. The fourth-order valence-corrected chi connectivity index (χ4v) is 4.85. The van der Waals surface area contributed by atoms with Crippen LogP contribution in [0.5, 0.6) is 0 Å². The van der Waals surface area contributed by atoms with Crippen molar-refractivity contribution in [3.8, 4) is 0 Å². The highest BCUT2D eigenvalue weighted by Gasteiger charge is 2.31. The van der Waals surface area contributed by atoms with Crippen LogP contribution in [0.15, 0.2) is 36.4 Å². The largest absolute Gasteiger partial charge is 0.354 e. The topological polar surface area (TPSA) is 86.8 Å². The van der Waals surface area contributed by atoms with E-state index < -0.39 is 28.5 Å². The number of carbonyl (C=O) groups is 2. The molecule has 0 aliphatic heterocycles. The van der Waals surface area contributed by atoms with Crippen molar-refractivity contribution >= 4 is 62.3 Å². The second-order valence-electron chi connectivity index (χ2n) is 8.77. The van der Waals surface area contributed by atoms with Gasteiger partial charge in [0.25, 0.3) is 0 Å². The Bertz CT molecular complexity index is 1190. The van der Waals surface area contributed by atoms with Gasteiger partial charge >= 0.3 is 0 Å². The van der Waals surface area contributed by atoms with Gasteiger partial charge in [-0.25, -0.2) is 8.42 Å². The van der Waals surface area contributed by atoms with E-state index in [9.17, 15) is 18.0 Å². The van der Waals surface area contributed by atoms with Crippen LogP contribution < -0.4 is 9.62 Å². The van der Waals surface area contributed by atoms with Crippen molar-refractivity contribution in [2.24, 2.45) is 5.92 Å². The van der Waals surface area contributed by atoms with E-state index in [1.165, 1.54) is 11.0 Å². The Balaban J connectivity index is 2.45. The number of hydrogen-bond acceptors (Lipinski definition) is 4. The molecule has 0 aliphatic rings. The van der Waals surface area contributed by atoms with E-state index >= 15 is 0 Å². The molecule has 35 heavy (non-hydrogen) atoms. The maximum absolute atomic E-state index is 13.6. The van der Waals surface area contributed by atoms with Crippen molar-refractivity contribution in [2.75, 3.05) is 23.7 Å². The first-order valence-corrected chi connectivity index (χ1v) is 13.9. The summed E-state index contributed by atoms with van der Waals surface area (Å²) in [5.74, 6) is -0.720. The molecule has 0 unspecified atom stereocenters. The summed E-state index contributed by atoms with van der Waals surface area (Å²) in [4.78, 5) is 27.7. The summed E-state index contributed by atoms with van der Waals surface area (Å²) < 4.78 is 26.4. The Kier molecular flexibility index (Phi) is 10.3. The average Bonchev–Trinajstić information content (AvgIpc) is 2.75. The molecule has 0 fully saturated rings. The highest BCUT2D eigenvalue weighted by molar-refractivity contribution is 7.92. The van der Waals surface area contributed by atoms with Gasteiger partial charge in [-0.3, -0.25) is 13.9 Å². The monoisotopic (exact) mass is 561 g/mol. The summed E-state index contributed by atoms with van der Waals surface area (Å²) in [5, 5.41) is 3.91. The minimum atomic E-state index is -3.86. The van der Waals surface area contributed by atoms with Gasteiger partial charge in [0.05, 0.1) is 11.9 Å². The summed E-state index contributed by atoms with van der Waals surface area (Å²) >= 11 is 18.4. The van der Waals surface area contributed by atoms with Crippen LogP contribution in [0.3, 0.4) is 0 Å². The van der Waals surface area contributed by atoms with Crippen molar-refractivity contribution in [3.05, 3.63) is 62.6 Å². The molecule has 192 valence electrons. The number of hydrogen-bond donors (Lipinski definition) is 1. The molecule has 11 heteroatoms. The first-order valence-electron chi connectivity index (χ1n) is 11.0. The van der Waals surface area contributed by atoms with Crippen molar-refractivity contribution in [3.63, 3.8) is 0 Å². The molecule has 2 rings (SSSR count). The molecule has 7 nitrogen and oxygen atoms in total. The second kappa shape index (κ2) is 12.3. The van der Waals surface area contributed by atoms with E-state index in [0.717, 1.165) is 10.6 Å². The Morgan fingerprint density at radius 2 is 1.60 bits per heavy atom. The number of aryl methyl sites for hydroxylation is 1. The first kappa shape index (κ1) is 29.2. The molecule has 2 aromatic rings. The van der Waals surface area contributed by atoms with Crippen LogP contribution in [-0.4, -0.2) is 50.5 Å². The predicted octanol–water partition coefficient (Wildman–Crippen LogP) is 4.91. The molecule has 1 N–H and O–H groups in total. The zero-order valence-electron chi connectivity index (χ0n) is 20.3. The third-order valence-electron chi connectivity index (χ3n) is 5.33. The summed E-state index contributed by atoms with van der Waals surface area (Å²) in [6, 6.07) is 8.75. The van der Waals surface area contributed by atoms with Crippen LogP contribution in [0.1, 0.15) is 31.9 Å². The molecule has 0 saturated carbocycles. The zero-order chi connectivity index (χ0) is 26.5. The van der Waals surface area contributed by atoms with Crippen molar-refractivity contribution in [1.82, 2.24) is 10.2 Å². The van der Waals surface area contributed by atoms with Crippen molar-refractivity contribution in [2.45, 2.75) is 40.3 Å². The molecular formula is C24H30Cl3N3O4S. The predicted molar refractivity (Wildman–Crippen MR) is 143 cm³/mol. The third-order valence-corrected chi connectivity index (χ3v) is 7.28. The third kappa shape index (κ3) is 8.27. The average molecular weight is 563 g/mol. The van der Waals surface area contributed by atoms with Gasteiger partial charge in [-0.05, 0) is 55.2 Å². The SMILES string of the molecule is Cc1ccc(Cl)cc1N(CC(=O)N(Cc1ccc(Cl)cc1Cl)[C@@H](C)C(=O)NCC(C)C)S(C)(=O)=O. The van der Waals surface area contributed by atoms with Crippen LogP contribution >= 0.6 is 34.8 Å². The fourth-order valence-electron chi connectivity index (χ4n) is 3.31. The summed E-state index contributed by atoms with van der Waals surface area (Å²) in [6.45, 7) is 7.13. The maximum atomic E-state index is 13.6. The van der Waals surface area contributed by atoms with E-state index in [1.807, 2.05) is 13.8 Å². The molecule has 0 heterocycles. The van der Waals surface area contributed by atoms with E-state index in [-0.39, 0.29) is 24.1 Å². The normalized spacial score (nSPS) is 12.4. The van der Waals surface area contributed by atoms with Gasteiger partial charge in [-0.15, -0.1) is 0 Å². The van der Waals surface area contributed by atoms with E-state index in [1.54, 1.807) is 44.2 Å². The van der Waals surface area contributed by atoms with Gasteiger partial charge in [0.2, 0.25) is 21.8 Å². The van der Waals surface area contributed by atoms with E-state index in [0.29, 0.717) is 32.7 Å². The van der Waals surface area contributed by atoms with Crippen LogP contribution in [0.25, 0.3) is 0 Å². The van der Waals surface area contributed by atoms with Crippen LogP contribution in [0, 0.1) is 12.8 Å². The molecule has 2 amide bonds. The minimum Gasteiger partial charge on any atom is -0.354 e. The van der Waals surface area contributed by atoms with Gasteiger partial charge in [0.1, 0.15) is 12.6 Å². The molecule has 0 saturated heterocycles. The van der Waals surface area contributed by atoms with Crippen LogP contribution in [0.4, 0.5) is 5.69 Å². The standard InChI is InChI=1S/C24H30Cl3N3O4S/c1-15(2)12-28-24(32)17(4)29(13-18-7-9-19(25)10-21(18)27)23(31)14-30(35(5,33)34)22-11-20(26)8-6-16(22)3/h6-11,15,17H,12-14H2,1-5H3,(H,28,32)/t17-/m0/s1.